The van der Waals surface area contributed by atoms with E-state index in [9.17, 15) is 15.3 Å². The molecule has 0 saturated heterocycles. The topological polar surface area (TPSA) is 69.2 Å². The third-order valence-electron chi connectivity index (χ3n) is 2.89. The summed E-state index contributed by atoms with van der Waals surface area (Å²) in [5, 5.41) is 33.0. The van der Waals surface area contributed by atoms with E-state index >= 15 is 0 Å². The molecular formula is C18H18BiBr9O3. The first-order chi connectivity index (χ1) is 13.8. The van der Waals surface area contributed by atoms with Crippen LogP contribution in [0.15, 0.2) is 76.7 Å². The van der Waals surface area contributed by atoms with E-state index in [4.69, 9.17) is 0 Å². The second-order valence-corrected chi connectivity index (χ2v) is 13.0. The SMILES string of the molecule is [Bi+3].[HH].[HH].[HH].[HH].[HH].[HH].[O-]c1c(Br)cc(Br)cc1Br.[O-]c1c(Br)cc(Br)cc1Br.[O-]c1c(Br)cc(Br)cc1Br. The number of benzene rings is 3. The molecule has 0 aliphatic carbocycles. The summed E-state index contributed by atoms with van der Waals surface area (Å²) in [5.41, 5.74) is 0. The van der Waals surface area contributed by atoms with E-state index in [1.807, 2.05) is 0 Å². The average molecular weight is 1210 g/mol. The van der Waals surface area contributed by atoms with Gasteiger partial charge in [-0.3, -0.25) is 0 Å². The average Bonchev–Trinajstić information content (AvgIpc) is 2.63. The van der Waals surface area contributed by atoms with Gasteiger partial charge in [-0.25, -0.2) is 0 Å². The van der Waals surface area contributed by atoms with Crippen LogP contribution in [-0.2, 0) is 0 Å². The van der Waals surface area contributed by atoms with E-state index in [2.05, 4.69) is 143 Å². The maximum Gasteiger partial charge on any atom is 3.00 e. The molecule has 31 heavy (non-hydrogen) atoms. The Kier molecular flexibility index (Phi) is 17.3. The van der Waals surface area contributed by atoms with Gasteiger partial charge in [0.2, 0.25) is 0 Å². The fourth-order valence-corrected chi connectivity index (χ4v) is 8.36. The molecule has 0 bridgehead atoms. The maximum atomic E-state index is 11.0. The van der Waals surface area contributed by atoms with Crippen LogP contribution in [0.4, 0.5) is 0 Å². The second kappa shape index (κ2) is 16.1. The van der Waals surface area contributed by atoms with E-state index in [0.717, 1.165) is 13.4 Å². The summed E-state index contributed by atoms with van der Waals surface area (Å²) in [6, 6.07) is 10.3. The van der Waals surface area contributed by atoms with Crippen molar-refractivity contribution < 1.29 is 23.9 Å². The largest absolute Gasteiger partial charge is 3.00 e. The molecule has 0 N–H and O–H groups in total. The zero-order valence-corrected chi connectivity index (χ0v) is 32.3. The molecule has 3 rings (SSSR count). The molecule has 0 aliphatic heterocycles. The van der Waals surface area contributed by atoms with Gasteiger partial charge in [0, 0.05) is 48.8 Å². The molecular weight excluding hydrogens is 1190 g/mol. The molecule has 0 fully saturated rings. The first-order valence-corrected chi connectivity index (χ1v) is 14.4. The molecule has 0 aliphatic rings. The van der Waals surface area contributed by atoms with Gasteiger partial charge in [-0.15, -0.1) is 0 Å². The Morgan fingerprint density at radius 3 is 0.645 bits per heavy atom. The van der Waals surface area contributed by atoms with E-state index in [1.165, 1.54) is 0 Å². The first-order valence-electron chi connectivity index (χ1n) is 7.28. The second-order valence-electron chi connectivity index (χ2n) is 5.10. The van der Waals surface area contributed by atoms with Crippen molar-refractivity contribution in [2.24, 2.45) is 0 Å². The summed E-state index contributed by atoms with van der Waals surface area (Å²) in [6.07, 6.45) is 0. The quantitative estimate of drug-likeness (QED) is 0.211. The molecule has 13 heteroatoms. The molecule has 0 atom stereocenters. The Balaban J connectivity index is -0.0000000667. The standard InChI is InChI=1S/3C6H3Br3O.Bi.6H2/c3*7-3-1-4(8)6(10)5(9)2-3;;;;;;;/h3*1-2,10H;;6*1H/q;;;+3;;;;;;/p-3. The molecule has 0 spiro atoms. The molecule has 0 heterocycles. The molecule has 3 aromatic rings. The minimum absolute atomic E-state index is 0. The molecule has 0 amide bonds. The summed E-state index contributed by atoms with van der Waals surface area (Å²) in [6.45, 7) is 0. The number of rotatable bonds is 0. The van der Waals surface area contributed by atoms with E-state index in [-0.39, 0.29) is 52.0 Å². The van der Waals surface area contributed by atoms with Crippen LogP contribution in [0.3, 0.4) is 0 Å². The minimum atomic E-state index is -0.0248. The van der Waals surface area contributed by atoms with Gasteiger partial charge in [0.1, 0.15) is 0 Å². The molecule has 2 radical (unpaired) electrons. The number of hydrogen-bond donors (Lipinski definition) is 0. The third-order valence-corrected chi connectivity index (χ3v) is 7.80. The summed E-state index contributed by atoms with van der Waals surface area (Å²) in [7, 11) is 0. The monoisotopic (exact) mass is 1200 g/mol. The van der Waals surface area contributed by atoms with Crippen molar-refractivity contribution in [2.75, 3.05) is 0 Å². The van der Waals surface area contributed by atoms with Gasteiger partial charge in [0.15, 0.2) is 0 Å². The van der Waals surface area contributed by atoms with Gasteiger partial charge in [-0.2, -0.15) is 0 Å². The number of halogens is 9. The molecule has 176 valence electrons. The fraction of sp³-hybridized carbons (Fsp3) is 0. The van der Waals surface area contributed by atoms with E-state index in [0.29, 0.717) is 26.8 Å². The van der Waals surface area contributed by atoms with Crippen LogP contribution < -0.4 is 15.3 Å². The van der Waals surface area contributed by atoms with Crippen LogP contribution in [0.2, 0.25) is 0 Å². The van der Waals surface area contributed by atoms with Crippen LogP contribution in [0, 0.1) is 0 Å². The predicted octanol–water partition coefficient (Wildman–Crippen LogP) is 10.2. The van der Waals surface area contributed by atoms with E-state index in [1.54, 1.807) is 36.4 Å². The summed E-state index contributed by atoms with van der Waals surface area (Å²) in [5.74, 6) is -0.0744. The maximum absolute atomic E-state index is 11.0. The van der Waals surface area contributed by atoms with Crippen molar-refractivity contribution in [3.8, 4) is 17.2 Å². The Morgan fingerprint density at radius 2 is 0.516 bits per heavy atom. The third kappa shape index (κ3) is 11.7. The van der Waals surface area contributed by atoms with Gasteiger partial charge in [-0.1, -0.05) is 161 Å². The van der Waals surface area contributed by atoms with Crippen LogP contribution >= 0.6 is 143 Å². The normalized spacial score (nSPS) is 9.58. The van der Waals surface area contributed by atoms with Crippen molar-refractivity contribution in [3.05, 3.63) is 76.7 Å². The predicted molar refractivity (Wildman–Crippen MR) is 165 cm³/mol. The van der Waals surface area contributed by atoms with Gasteiger partial charge >= 0.3 is 26.2 Å². The summed E-state index contributed by atoms with van der Waals surface area (Å²) < 4.78 is 6.02. The van der Waals surface area contributed by atoms with E-state index < -0.39 is 0 Å². The van der Waals surface area contributed by atoms with Crippen LogP contribution in [0.25, 0.3) is 0 Å². The van der Waals surface area contributed by atoms with Crippen molar-refractivity contribution in [3.63, 3.8) is 0 Å². The molecule has 0 aromatic heterocycles. The van der Waals surface area contributed by atoms with Crippen molar-refractivity contribution >= 4 is 170 Å². The van der Waals surface area contributed by atoms with Crippen molar-refractivity contribution in [1.29, 1.82) is 0 Å². The van der Waals surface area contributed by atoms with Crippen molar-refractivity contribution in [1.82, 2.24) is 0 Å². The van der Waals surface area contributed by atoms with Gasteiger partial charge in [0.05, 0.1) is 0 Å². The first kappa shape index (κ1) is 33.3. The number of hydrogen-bond acceptors (Lipinski definition) is 3. The molecule has 3 nitrogen and oxygen atoms in total. The zero-order valence-electron chi connectivity index (χ0n) is 14.5. The van der Waals surface area contributed by atoms with Gasteiger partial charge in [-0.05, 0) is 36.4 Å². The van der Waals surface area contributed by atoms with Crippen molar-refractivity contribution in [2.45, 2.75) is 0 Å². The molecule has 3 aromatic carbocycles. The zero-order chi connectivity index (χ0) is 23.2. The van der Waals surface area contributed by atoms with Crippen LogP contribution in [0.5, 0.6) is 17.2 Å². The van der Waals surface area contributed by atoms with Crippen LogP contribution in [0.1, 0.15) is 8.56 Å². The smallest absolute Gasteiger partial charge is 0.871 e. The van der Waals surface area contributed by atoms with Gasteiger partial charge in [0.25, 0.3) is 0 Å². The van der Waals surface area contributed by atoms with Crippen LogP contribution in [-0.4, -0.2) is 26.2 Å². The summed E-state index contributed by atoms with van der Waals surface area (Å²) >= 11 is 28.5. The fourth-order valence-electron chi connectivity index (χ4n) is 1.59. The Bertz CT molecular complexity index is 870. The molecule has 0 saturated carbocycles. The Hall–Kier alpha value is 2.26. The van der Waals surface area contributed by atoms with Gasteiger partial charge < -0.3 is 15.3 Å². The Morgan fingerprint density at radius 1 is 0.387 bits per heavy atom. The Labute approximate surface area is 283 Å². The minimum Gasteiger partial charge on any atom is -0.871 e. The summed E-state index contributed by atoms with van der Waals surface area (Å²) in [4.78, 5) is 0. The molecule has 0 unspecified atom stereocenters.